The lowest BCUT2D eigenvalue weighted by atomic mass is 9.94. The minimum atomic E-state index is -1.87. The Morgan fingerprint density at radius 2 is 1.08 bits per heavy atom. The number of amides is 3. The zero-order chi connectivity index (χ0) is 57.4. The number of unbranched alkanes of at least 4 members (excludes halogenated alkanes) is 1. The van der Waals surface area contributed by atoms with Crippen molar-refractivity contribution in [2.45, 2.75) is 167 Å². The van der Waals surface area contributed by atoms with Crippen LogP contribution in [0.15, 0.2) is 48.5 Å². The van der Waals surface area contributed by atoms with Crippen LogP contribution in [-0.2, 0) is 100.0 Å². The van der Waals surface area contributed by atoms with E-state index in [2.05, 4.69) is 16.0 Å². The molecule has 3 amide bonds. The summed E-state index contributed by atoms with van der Waals surface area (Å²) < 4.78 is 69.1. The average Bonchev–Trinajstić information content (AvgIpc) is 3.73. The van der Waals surface area contributed by atoms with Crippen LogP contribution in [0.25, 0.3) is 11.1 Å². The predicted molar refractivity (Wildman–Crippen MR) is 266 cm³/mol. The third kappa shape index (κ3) is 18.2. The van der Waals surface area contributed by atoms with Gasteiger partial charge >= 0.3 is 47.9 Å². The Morgan fingerprint density at radius 3 is 1.59 bits per heavy atom. The molecule has 1 aliphatic carbocycles. The summed E-state index contributed by atoms with van der Waals surface area (Å²) in [5.41, 5.74) is 3.13. The molecule has 3 aliphatic rings. The van der Waals surface area contributed by atoms with E-state index in [9.17, 15) is 47.9 Å². The first-order chi connectivity index (χ1) is 36.8. The van der Waals surface area contributed by atoms with E-state index in [1.807, 2.05) is 48.5 Å². The maximum absolute atomic E-state index is 13.7. The third-order valence-electron chi connectivity index (χ3n) is 12.0. The Balaban J connectivity index is 1.39. The van der Waals surface area contributed by atoms with Crippen LogP contribution in [0, 0.1) is 0 Å². The molecule has 2 aromatic carbocycles. The number of rotatable bonds is 23. The summed E-state index contributed by atoms with van der Waals surface area (Å²) >= 11 is 0. The second-order valence-electron chi connectivity index (χ2n) is 19.5. The molecule has 0 spiro atoms. The molecule has 2 aliphatic heterocycles. The molecule has 0 bridgehead atoms. The highest BCUT2D eigenvalue weighted by Gasteiger charge is 2.57. The number of benzene rings is 2. The molecule has 6 unspecified atom stereocenters. The molecule has 3 N–H and O–H groups in total. The molecule has 25 nitrogen and oxygen atoms in total. The maximum Gasteiger partial charge on any atom is 0.407 e. The molecule has 2 heterocycles. The molecule has 2 saturated heterocycles. The van der Waals surface area contributed by atoms with Crippen molar-refractivity contribution < 1.29 is 105 Å². The van der Waals surface area contributed by atoms with Gasteiger partial charge in [0.15, 0.2) is 37.0 Å². The number of carbonyl (C=O) groups is 10. The molecule has 428 valence electrons. The topological polar surface area (TPSA) is 318 Å². The van der Waals surface area contributed by atoms with E-state index in [0.717, 1.165) is 70.7 Å². The van der Waals surface area contributed by atoms with E-state index in [4.69, 9.17) is 56.8 Å². The predicted octanol–water partition coefficient (Wildman–Crippen LogP) is 2.73. The van der Waals surface area contributed by atoms with Crippen LogP contribution in [-0.4, -0.2) is 166 Å². The number of nitrogens with one attached hydrogen (secondary N) is 3. The molecule has 5 rings (SSSR count). The summed E-state index contributed by atoms with van der Waals surface area (Å²) in [5, 5.41) is 7.81. The highest BCUT2D eigenvalue weighted by molar-refractivity contribution is 5.88. The van der Waals surface area contributed by atoms with E-state index in [-0.39, 0.29) is 38.4 Å². The van der Waals surface area contributed by atoms with Gasteiger partial charge in [-0.2, -0.15) is 0 Å². The molecule has 0 radical (unpaired) electrons. The van der Waals surface area contributed by atoms with Gasteiger partial charge in [-0.25, -0.2) is 4.79 Å². The van der Waals surface area contributed by atoms with Crippen molar-refractivity contribution in [2.75, 3.05) is 33.0 Å². The number of hydrogen-bond donors (Lipinski definition) is 3. The fraction of sp³-hybridized carbons (Fsp3) is 0.585. The summed E-state index contributed by atoms with van der Waals surface area (Å²) in [6.07, 6.45) is -15.2. The van der Waals surface area contributed by atoms with Crippen LogP contribution in [0.3, 0.4) is 0 Å². The van der Waals surface area contributed by atoms with E-state index in [1.54, 1.807) is 20.8 Å². The number of fused-ring (bicyclic) bond motifs is 3. The fourth-order valence-corrected chi connectivity index (χ4v) is 9.08. The van der Waals surface area contributed by atoms with Crippen molar-refractivity contribution in [3.63, 3.8) is 0 Å². The first-order valence-electron chi connectivity index (χ1n) is 25.2. The summed E-state index contributed by atoms with van der Waals surface area (Å²) in [7, 11) is 0. The monoisotopic (exact) mass is 1100 g/mol. The van der Waals surface area contributed by atoms with E-state index in [0.29, 0.717) is 0 Å². The van der Waals surface area contributed by atoms with Gasteiger partial charge in [-0.1, -0.05) is 48.5 Å². The molecule has 2 aromatic rings. The Kier molecular flexibility index (Phi) is 22.5. The van der Waals surface area contributed by atoms with Crippen molar-refractivity contribution in [1.29, 1.82) is 0 Å². The molecule has 25 heteroatoms. The van der Waals surface area contributed by atoms with E-state index in [1.165, 1.54) is 0 Å². The van der Waals surface area contributed by atoms with Crippen molar-refractivity contribution in [2.24, 2.45) is 0 Å². The first-order valence-corrected chi connectivity index (χ1v) is 25.2. The molecule has 0 saturated carbocycles. The number of hydrogen-bond acceptors (Lipinski definition) is 22. The fourth-order valence-electron chi connectivity index (χ4n) is 9.08. The molecule has 2 fully saturated rings. The van der Waals surface area contributed by atoms with Gasteiger partial charge in [-0.15, -0.1) is 0 Å². The van der Waals surface area contributed by atoms with Gasteiger partial charge in [0, 0.05) is 61.0 Å². The quantitative estimate of drug-likeness (QED) is 0.0818. The van der Waals surface area contributed by atoms with Gasteiger partial charge in [0.2, 0.25) is 11.8 Å². The van der Waals surface area contributed by atoms with Crippen LogP contribution in [0.5, 0.6) is 0 Å². The van der Waals surface area contributed by atoms with Crippen molar-refractivity contribution >= 4 is 59.7 Å². The van der Waals surface area contributed by atoms with Crippen LogP contribution < -0.4 is 16.0 Å². The number of alkyl carbamates (subject to hydrolysis) is 1. The van der Waals surface area contributed by atoms with Gasteiger partial charge in [-0.3, -0.25) is 43.2 Å². The van der Waals surface area contributed by atoms with Gasteiger partial charge < -0.3 is 72.8 Å². The largest absolute Gasteiger partial charge is 0.463 e. The lowest BCUT2D eigenvalue weighted by molar-refractivity contribution is -0.347. The van der Waals surface area contributed by atoms with Gasteiger partial charge in [0.25, 0.3) is 0 Å². The molecule has 78 heavy (non-hydrogen) atoms. The van der Waals surface area contributed by atoms with Crippen molar-refractivity contribution in [3.8, 4) is 11.1 Å². The van der Waals surface area contributed by atoms with Crippen LogP contribution in [0.2, 0.25) is 0 Å². The highest BCUT2D eigenvalue weighted by Crippen LogP contribution is 2.44. The summed E-state index contributed by atoms with van der Waals surface area (Å²) in [6, 6.07) is 12.8. The minimum absolute atomic E-state index is 0.0212. The van der Waals surface area contributed by atoms with Gasteiger partial charge in [0.1, 0.15) is 62.4 Å². The minimum Gasteiger partial charge on any atom is -0.463 e. The van der Waals surface area contributed by atoms with E-state index < -0.39 is 152 Å². The number of carbonyl (C=O) groups excluding carboxylic acids is 10. The molecule has 11 atom stereocenters. The SMILES string of the molecule is CC(=O)NC1C(O[C@@H]2OC(COC(C)=O)[C@@H](OC(C)=O)C(OC(C)=O)C2OC(C)=O)[C@H](OC(C)=O)C(COC(C)=O)O[C@@H]1OCCCC[C@H](NC(=O)OCC1c2ccccc2-c2ccccc21)C(=O)NCC(=O)OC(C)(C)C. The van der Waals surface area contributed by atoms with Crippen molar-refractivity contribution in [3.05, 3.63) is 59.7 Å². The highest BCUT2D eigenvalue weighted by atomic mass is 16.8. The summed E-state index contributed by atoms with van der Waals surface area (Å²) in [5.74, 6) is -7.64. The molecule has 0 aromatic heterocycles. The zero-order valence-corrected chi connectivity index (χ0v) is 45.2. The number of esters is 7. The van der Waals surface area contributed by atoms with Crippen LogP contribution in [0.4, 0.5) is 4.79 Å². The van der Waals surface area contributed by atoms with Gasteiger partial charge in [-0.05, 0) is 62.3 Å². The maximum atomic E-state index is 13.7. The smallest absolute Gasteiger partial charge is 0.407 e. The Bertz CT molecular complexity index is 2450. The Morgan fingerprint density at radius 1 is 0.577 bits per heavy atom. The van der Waals surface area contributed by atoms with E-state index >= 15 is 0 Å². The molecular weight excluding hydrogens is 1030 g/mol. The second-order valence-corrected chi connectivity index (χ2v) is 19.5. The normalized spacial score (nSPS) is 23.8. The van der Waals surface area contributed by atoms with Crippen molar-refractivity contribution in [1.82, 2.24) is 16.0 Å². The molecular formula is C53H69N3O22. The van der Waals surface area contributed by atoms with Crippen LogP contribution >= 0.6 is 0 Å². The second kappa shape index (κ2) is 28.4. The first kappa shape index (κ1) is 61.6. The summed E-state index contributed by atoms with van der Waals surface area (Å²) in [6.45, 7) is 10.5. The lowest BCUT2D eigenvalue weighted by Crippen LogP contribution is -2.69. The Labute approximate surface area is 450 Å². The Hall–Kier alpha value is -7.22. The summed E-state index contributed by atoms with van der Waals surface area (Å²) in [4.78, 5) is 128. The van der Waals surface area contributed by atoms with Gasteiger partial charge in [0.05, 0.1) is 0 Å². The standard InChI is InChI=1S/C53H69N3O22/c1-27(57)55-43-46(77-51-48(74-33(7)63)47(73-32(6)62)45(72-31(5)61)41(76-51)26-69-29(3)59)44(71-30(4)60)40(25-68-28(2)58)75-50(43)67-22-16-15-21-39(49(65)54-23-42(64)78-53(8,9)10)56-52(66)70-24-38-36-19-13-11-17-34(36)35-18-12-14-20-37(35)38/h11-14,17-20,38-41,43-48,50-51H,15-16,21-26H2,1-10H3,(H,54,65)(H,55,57)(H,56,66)/t39-,40?,41?,43?,44+,45+,46?,47?,48?,50-,51-/m0/s1. The third-order valence-corrected chi connectivity index (χ3v) is 12.0. The zero-order valence-electron chi connectivity index (χ0n) is 45.2. The van der Waals surface area contributed by atoms with Crippen LogP contribution in [0.1, 0.15) is 106 Å². The lowest BCUT2D eigenvalue weighted by Gasteiger charge is -2.49. The average molecular weight is 1100 g/mol. The number of ether oxygens (including phenoxy) is 12.